The Labute approximate surface area is 112 Å². The smallest absolute Gasteiger partial charge is 0.416 e. The third-order valence-corrected chi connectivity index (χ3v) is 2.81. The van der Waals surface area contributed by atoms with Gasteiger partial charge >= 0.3 is 18.2 Å². The van der Waals surface area contributed by atoms with Gasteiger partial charge in [-0.25, -0.2) is 9.59 Å². The van der Waals surface area contributed by atoms with Crippen LogP contribution in [0.15, 0.2) is 24.3 Å². The van der Waals surface area contributed by atoms with Crippen molar-refractivity contribution >= 4 is 12.1 Å². The van der Waals surface area contributed by atoms with E-state index in [1.165, 1.54) is 6.92 Å². The lowest BCUT2D eigenvalue weighted by Crippen LogP contribution is -2.43. The van der Waals surface area contributed by atoms with Crippen LogP contribution in [0.3, 0.4) is 0 Å². The predicted octanol–water partition coefficient (Wildman–Crippen LogP) is 2.53. The summed E-state index contributed by atoms with van der Waals surface area (Å²) in [5.41, 5.74) is -0.564. The molecule has 8 heteroatoms. The molecule has 0 bridgehead atoms. The van der Waals surface area contributed by atoms with Crippen LogP contribution < -0.4 is 5.32 Å². The second kappa shape index (κ2) is 5.81. The molecule has 0 fully saturated rings. The summed E-state index contributed by atoms with van der Waals surface area (Å²) >= 11 is 0. The molecule has 2 atom stereocenters. The van der Waals surface area contributed by atoms with E-state index in [4.69, 9.17) is 10.2 Å². The summed E-state index contributed by atoms with van der Waals surface area (Å²) in [7, 11) is 0. The average molecular weight is 291 g/mol. The highest BCUT2D eigenvalue weighted by molar-refractivity contribution is 5.80. The molecule has 0 unspecified atom stereocenters. The van der Waals surface area contributed by atoms with Gasteiger partial charge < -0.3 is 15.5 Å². The van der Waals surface area contributed by atoms with Crippen LogP contribution in [0.2, 0.25) is 0 Å². The molecule has 20 heavy (non-hydrogen) atoms. The minimum Gasteiger partial charge on any atom is -0.480 e. The quantitative estimate of drug-likeness (QED) is 0.795. The molecule has 3 N–H and O–H groups in total. The second-order valence-electron chi connectivity index (χ2n) is 4.17. The third kappa shape index (κ3) is 3.87. The van der Waals surface area contributed by atoms with Gasteiger partial charge in [0.2, 0.25) is 0 Å². The maximum Gasteiger partial charge on any atom is 0.416 e. The number of nitrogens with one attached hydrogen (secondary N) is 1. The number of benzene rings is 1. The van der Waals surface area contributed by atoms with Crippen molar-refractivity contribution in [3.63, 3.8) is 0 Å². The van der Waals surface area contributed by atoms with E-state index in [0.29, 0.717) is 5.56 Å². The largest absolute Gasteiger partial charge is 0.480 e. The van der Waals surface area contributed by atoms with Crippen molar-refractivity contribution in [3.8, 4) is 0 Å². The lowest BCUT2D eigenvalue weighted by atomic mass is 9.92. The van der Waals surface area contributed by atoms with Gasteiger partial charge in [0.1, 0.15) is 6.04 Å². The van der Waals surface area contributed by atoms with Gasteiger partial charge in [-0.2, -0.15) is 13.2 Å². The zero-order chi connectivity index (χ0) is 15.5. The number of carboxylic acids is 1. The SMILES string of the molecule is C[C@@H](c1ccc(C(F)(F)F)cc1)[C@H](NC(=O)O)C(=O)O. The molecule has 1 amide bonds. The van der Waals surface area contributed by atoms with E-state index in [-0.39, 0.29) is 0 Å². The van der Waals surface area contributed by atoms with Crippen LogP contribution in [0.25, 0.3) is 0 Å². The summed E-state index contributed by atoms with van der Waals surface area (Å²) < 4.78 is 37.2. The summed E-state index contributed by atoms with van der Waals surface area (Å²) in [4.78, 5) is 21.5. The van der Waals surface area contributed by atoms with E-state index < -0.39 is 35.8 Å². The van der Waals surface area contributed by atoms with Gasteiger partial charge in [-0.3, -0.25) is 0 Å². The number of hydrogen-bond donors (Lipinski definition) is 3. The Bertz CT molecular complexity index is 498. The Balaban J connectivity index is 2.98. The predicted molar refractivity (Wildman–Crippen MR) is 62.4 cm³/mol. The van der Waals surface area contributed by atoms with Crippen LogP contribution >= 0.6 is 0 Å². The summed E-state index contributed by atoms with van der Waals surface area (Å²) in [6.07, 6.45) is -6.00. The van der Waals surface area contributed by atoms with Crippen LogP contribution in [0.1, 0.15) is 24.0 Å². The molecular formula is C12H12F3NO4. The van der Waals surface area contributed by atoms with E-state index in [1.54, 1.807) is 0 Å². The first kappa shape index (κ1) is 15.8. The lowest BCUT2D eigenvalue weighted by molar-refractivity contribution is -0.140. The zero-order valence-corrected chi connectivity index (χ0v) is 10.3. The Morgan fingerprint density at radius 1 is 1.15 bits per heavy atom. The minimum atomic E-state index is -4.48. The molecule has 110 valence electrons. The number of halogens is 3. The molecule has 0 aliphatic heterocycles. The molecule has 0 radical (unpaired) electrons. The summed E-state index contributed by atoms with van der Waals surface area (Å²) in [6.45, 7) is 1.41. The highest BCUT2D eigenvalue weighted by Gasteiger charge is 2.31. The van der Waals surface area contributed by atoms with Crippen LogP contribution in [0, 0.1) is 0 Å². The number of alkyl halides is 3. The topological polar surface area (TPSA) is 86.6 Å². The second-order valence-corrected chi connectivity index (χ2v) is 4.17. The van der Waals surface area contributed by atoms with Crippen molar-refractivity contribution in [1.29, 1.82) is 0 Å². The number of hydrogen-bond acceptors (Lipinski definition) is 2. The fourth-order valence-corrected chi connectivity index (χ4v) is 1.70. The van der Waals surface area contributed by atoms with E-state index in [1.807, 2.05) is 5.32 Å². The maximum absolute atomic E-state index is 12.4. The first-order valence-electron chi connectivity index (χ1n) is 5.52. The molecule has 0 aliphatic rings. The number of carbonyl (C=O) groups is 2. The standard InChI is InChI=1S/C12H12F3NO4/c1-6(9(10(17)18)16-11(19)20)7-2-4-8(5-3-7)12(13,14)15/h2-6,9,16H,1H3,(H,17,18)(H,19,20)/t6-,9-/m0/s1. The summed E-state index contributed by atoms with van der Waals surface area (Å²) in [6, 6.07) is 2.47. The molecule has 5 nitrogen and oxygen atoms in total. The van der Waals surface area contributed by atoms with Crippen LogP contribution in [0.4, 0.5) is 18.0 Å². The third-order valence-electron chi connectivity index (χ3n) is 2.81. The van der Waals surface area contributed by atoms with Crippen LogP contribution in [-0.2, 0) is 11.0 Å². The Hall–Kier alpha value is -2.25. The summed E-state index contributed by atoms with van der Waals surface area (Å²) in [5, 5.41) is 19.3. The minimum absolute atomic E-state index is 0.291. The fraction of sp³-hybridized carbons (Fsp3) is 0.333. The van der Waals surface area contributed by atoms with Crippen LogP contribution in [-0.4, -0.2) is 28.3 Å². The van der Waals surface area contributed by atoms with Crippen molar-refractivity contribution in [2.24, 2.45) is 0 Å². The first-order chi connectivity index (χ1) is 9.12. The monoisotopic (exact) mass is 291 g/mol. The Morgan fingerprint density at radius 3 is 2.00 bits per heavy atom. The molecule has 0 aliphatic carbocycles. The van der Waals surface area contributed by atoms with E-state index in [9.17, 15) is 22.8 Å². The van der Waals surface area contributed by atoms with Gasteiger partial charge in [0.05, 0.1) is 5.56 Å². The van der Waals surface area contributed by atoms with Crippen molar-refractivity contribution < 1.29 is 33.0 Å². The molecule has 1 aromatic rings. The van der Waals surface area contributed by atoms with Gasteiger partial charge in [0, 0.05) is 5.92 Å². The molecule has 0 saturated carbocycles. The van der Waals surface area contributed by atoms with Gasteiger partial charge in [-0.05, 0) is 17.7 Å². The van der Waals surface area contributed by atoms with Crippen molar-refractivity contribution in [2.45, 2.75) is 25.1 Å². The van der Waals surface area contributed by atoms with E-state index in [0.717, 1.165) is 24.3 Å². The molecule has 1 rings (SSSR count). The van der Waals surface area contributed by atoms with Gasteiger partial charge in [0.25, 0.3) is 0 Å². The fourth-order valence-electron chi connectivity index (χ4n) is 1.70. The molecular weight excluding hydrogens is 279 g/mol. The van der Waals surface area contributed by atoms with Gasteiger partial charge in [0.15, 0.2) is 0 Å². The number of aliphatic carboxylic acids is 1. The number of rotatable bonds is 4. The Kier molecular flexibility index (Phi) is 4.59. The normalized spacial score (nSPS) is 14.4. The highest BCUT2D eigenvalue weighted by atomic mass is 19.4. The van der Waals surface area contributed by atoms with Crippen molar-refractivity contribution in [2.75, 3.05) is 0 Å². The summed E-state index contributed by atoms with van der Waals surface area (Å²) in [5.74, 6) is -2.22. The van der Waals surface area contributed by atoms with Crippen molar-refractivity contribution in [3.05, 3.63) is 35.4 Å². The molecule has 0 heterocycles. The molecule has 0 spiro atoms. The van der Waals surface area contributed by atoms with E-state index in [2.05, 4.69) is 0 Å². The van der Waals surface area contributed by atoms with Crippen LogP contribution in [0.5, 0.6) is 0 Å². The van der Waals surface area contributed by atoms with Gasteiger partial charge in [-0.15, -0.1) is 0 Å². The highest BCUT2D eigenvalue weighted by Crippen LogP contribution is 2.30. The molecule has 0 aromatic heterocycles. The maximum atomic E-state index is 12.4. The van der Waals surface area contributed by atoms with Gasteiger partial charge in [-0.1, -0.05) is 19.1 Å². The number of carboxylic acid groups (broad SMARTS) is 2. The lowest BCUT2D eigenvalue weighted by Gasteiger charge is -2.20. The van der Waals surface area contributed by atoms with Crippen molar-refractivity contribution in [1.82, 2.24) is 5.32 Å². The van der Waals surface area contributed by atoms with E-state index >= 15 is 0 Å². The number of amides is 1. The zero-order valence-electron chi connectivity index (χ0n) is 10.3. The Morgan fingerprint density at radius 2 is 1.65 bits per heavy atom. The average Bonchev–Trinajstić information content (AvgIpc) is 2.33. The first-order valence-corrected chi connectivity index (χ1v) is 5.52. The molecule has 1 aromatic carbocycles. The molecule has 0 saturated heterocycles.